The lowest BCUT2D eigenvalue weighted by molar-refractivity contribution is 0.283. The van der Waals surface area contributed by atoms with E-state index in [1.54, 1.807) is 24.3 Å². The Hall–Kier alpha value is -2.36. The molecule has 260 valence electrons. The Labute approximate surface area is 309 Å². The highest BCUT2D eigenvalue weighted by Crippen LogP contribution is 2.40. The molecule has 0 radical (unpaired) electrons. The van der Waals surface area contributed by atoms with E-state index < -0.39 is 0 Å². The van der Waals surface area contributed by atoms with E-state index in [0.29, 0.717) is 44.4 Å². The second kappa shape index (κ2) is 15.7. The van der Waals surface area contributed by atoms with Crippen LogP contribution in [0.15, 0.2) is 72.8 Å². The summed E-state index contributed by atoms with van der Waals surface area (Å²) in [5, 5.41) is 23.0. The zero-order chi connectivity index (χ0) is 36.2. The Kier molecular flexibility index (Phi) is 13.1. The maximum Gasteiger partial charge on any atom is 0.119 e. The lowest BCUT2D eigenvalue weighted by atomic mass is 9.72. The quantitative estimate of drug-likeness (QED) is 0.190. The van der Waals surface area contributed by atoms with Crippen molar-refractivity contribution in [2.45, 2.75) is 106 Å². The van der Waals surface area contributed by atoms with Crippen molar-refractivity contribution in [2.24, 2.45) is 10.8 Å². The van der Waals surface area contributed by atoms with Gasteiger partial charge in [-0.05, 0) is 104 Å². The molecule has 4 aromatic carbocycles. The van der Waals surface area contributed by atoms with Gasteiger partial charge in [0, 0.05) is 32.9 Å². The molecule has 0 aliphatic rings. The summed E-state index contributed by atoms with van der Waals surface area (Å²) in [5.41, 5.74) is 6.70. The number of benzene rings is 4. The summed E-state index contributed by atoms with van der Waals surface area (Å²) in [6.45, 7) is 22.5. The number of aromatic hydroxyl groups is 2. The summed E-state index contributed by atoms with van der Waals surface area (Å²) >= 11 is 24.5. The van der Waals surface area contributed by atoms with Crippen LogP contribution in [0.1, 0.15) is 115 Å². The minimum absolute atomic E-state index is 0.0322. The molecule has 0 saturated carbocycles. The van der Waals surface area contributed by atoms with E-state index >= 15 is 0 Å². The molecule has 0 unspecified atom stereocenters. The molecular formula is C42H52Cl4O2. The first kappa shape index (κ1) is 40.1. The molecular weight excluding hydrogens is 678 g/mol. The number of phenolic OH excluding ortho intramolecular Hbond substituents is 2. The fourth-order valence-electron chi connectivity index (χ4n) is 6.89. The van der Waals surface area contributed by atoms with Crippen LogP contribution in [0, 0.1) is 10.8 Å². The van der Waals surface area contributed by atoms with Crippen molar-refractivity contribution in [3.63, 3.8) is 0 Å². The molecule has 0 saturated heterocycles. The van der Waals surface area contributed by atoms with Crippen molar-refractivity contribution in [3.8, 4) is 11.5 Å². The van der Waals surface area contributed by atoms with Gasteiger partial charge in [-0.3, -0.25) is 0 Å². The maximum atomic E-state index is 10.3. The molecule has 4 aromatic rings. The Bertz CT molecular complexity index is 1580. The molecule has 0 amide bonds. The molecule has 0 heterocycles. The van der Waals surface area contributed by atoms with Crippen molar-refractivity contribution in [1.82, 2.24) is 0 Å². The summed E-state index contributed by atoms with van der Waals surface area (Å²) in [6.07, 6.45) is 3.29. The molecule has 0 bridgehead atoms. The SMILES string of the molecule is CC(C)(C)CC(C)(C)c1ccc(O)c(Cc2ccc(Cl)cc2Cl)c1.CC(C)(C)CC(C)(C)c1ccc(O)c(Cc2ccc(Cl)cc2Cl)c1. The topological polar surface area (TPSA) is 40.5 Å². The maximum absolute atomic E-state index is 10.3. The lowest BCUT2D eigenvalue weighted by Crippen LogP contribution is -2.25. The molecule has 0 aliphatic carbocycles. The van der Waals surface area contributed by atoms with Crippen LogP contribution in [0.2, 0.25) is 20.1 Å². The fraction of sp³-hybridized carbons (Fsp3) is 0.429. The molecule has 0 fully saturated rings. The average molecular weight is 731 g/mol. The Morgan fingerprint density at radius 3 is 1.06 bits per heavy atom. The largest absolute Gasteiger partial charge is 0.508 e. The number of hydrogen-bond donors (Lipinski definition) is 2. The van der Waals surface area contributed by atoms with Gasteiger partial charge in [-0.1, -0.05) is 152 Å². The zero-order valence-corrected chi connectivity index (χ0v) is 33.2. The van der Waals surface area contributed by atoms with E-state index in [-0.39, 0.29) is 21.7 Å². The van der Waals surface area contributed by atoms with Crippen LogP contribution in [0.4, 0.5) is 0 Å². The smallest absolute Gasteiger partial charge is 0.119 e. The van der Waals surface area contributed by atoms with Gasteiger partial charge in [0.15, 0.2) is 0 Å². The minimum atomic E-state index is 0.0322. The molecule has 0 atom stereocenters. The minimum Gasteiger partial charge on any atom is -0.508 e. The van der Waals surface area contributed by atoms with Crippen LogP contribution < -0.4 is 0 Å². The Balaban J connectivity index is 0.000000260. The predicted octanol–water partition coefficient (Wildman–Crippen LogP) is 14.0. The first-order valence-corrected chi connectivity index (χ1v) is 18.0. The molecule has 2 N–H and O–H groups in total. The average Bonchev–Trinajstić information content (AvgIpc) is 2.91. The molecule has 4 rings (SSSR count). The van der Waals surface area contributed by atoms with Gasteiger partial charge < -0.3 is 10.2 Å². The first-order chi connectivity index (χ1) is 22.0. The van der Waals surface area contributed by atoms with Crippen molar-refractivity contribution >= 4 is 46.4 Å². The van der Waals surface area contributed by atoms with Crippen LogP contribution in [-0.4, -0.2) is 10.2 Å². The molecule has 0 aromatic heterocycles. The number of phenols is 2. The van der Waals surface area contributed by atoms with E-state index in [1.807, 2.05) is 36.4 Å². The molecule has 6 heteroatoms. The number of rotatable bonds is 8. The molecule has 2 nitrogen and oxygen atoms in total. The third-order valence-corrected chi connectivity index (χ3v) is 9.63. The standard InChI is InChI=1S/2C21H26Cl2O/c2*1-20(2,3)13-21(4,5)16-7-9-19(24)15(11-16)10-14-6-8-17(22)12-18(14)23/h2*6-9,11-12,24H,10,13H2,1-5H3. The van der Waals surface area contributed by atoms with Gasteiger partial charge in [-0.2, -0.15) is 0 Å². The molecule has 0 aliphatic heterocycles. The van der Waals surface area contributed by atoms with Crippen molar-refractivity contribution in [3.05, 3.63) is 126 Å². The number of halogens is 4. The van der Waals surface area contributed by atoms with Gasteiger partial charge in [-0.15, -0.1) is 0 Å². The fourth-order valence-corrected chi connectivity index (χ4v) is 7.84. The lowest BCUT2D eigenvalue weighted by Gasteiger charge is -2.33. The van der Waals surface area contributed by atoms with E-state index in [4.69, 9.17) is 46.4 Å². The van der Waals surface area contributed by atoms with E-state index in [0.717, 1.165) is 35.1 Å². The van der Waals surface area contributed by atoms with E-state index in [2.05, 4.69) is 81.4 Å². The van der Waals surface area contributed by atoms with Gasteiger partial charge >= 0.3 is 0 Å². The van der Waals surface area contributed by atoms with Gasteiger partial charge in [0.25, 0.3) is 0 Å². The van der Waals surface area contributed by atoms with E-state index in [1.165, 1.54) is 11.1 Å². The van der Waals surface area contributed by atoms with Gasteiger partial charge in [0.1, 0.15) is 11.5 Å². The van der Waals surface area contributed by atoms with Crippen molar-refractivity contribution in [1.29, 1.82) is 0 Å². The summed E-state index contributed by atoms with van der Waals surface area (Å²) in [5.74, 6) is 0.604. The number of hydrogen-bond acceptors (Lipinski definition) is 2. The second-order valence-corrected chi connectivity index (χ2v) is 18.4. The predicted molar refractivity (Wildman–Crippen MR) is 209 cm³/mol. The van der Waals surface area contributed by atoms with Crippen LogP contribution >= 0.6 is 46.4 Å². The summed E-state index contributed by atoms with van der Waals surface area (Å²) in [6, 6.07) is 22.8. The normalized spacial score (nSPS) is 12.5. The van der Waals surface area contributed by atoms with Gasteiger partial charge in [-0.25, -0.2) is 0 Å². The van der Waals surface area contributed by atoms with E-state index in [9.17, 15) is 10.2 Å². The third-order valence-electron chi connectivity index (χ3n) is 8.46. The summed E-state index contributed by atoms with van der Waals surface area (Å²) in [4.78, 5) is 0. The summed E-state index contributed by atoms with van der Waals surface area (Å²) < 4.78 is 0. The third kappa shape index (κ3) is 11.9. The van der Waals surface area contributed by atoms with Crippen LogP contribution in [0.25, 0.3) is 0 Å². The molecule has 0 spiro atoms. The highest BCUT2D eigenvalue weighted by atomic mass is 35.5. The van der Waals surface area contributed by atoms with Crippen LogP contribution in [0.5, 0.6) is 11.5 Å². The van der Waals surface area contributed by atoms with Gasteiger partial charge in [0.05, 0.1) is 0 Å². The Morgan fingerprint density at radius 2 is 0.771 bits per heavy atom. The van der Waals surface area contributed by atoms with Gasteiger partial charge in [0.2, 0.25) is 0 Å². The highest BCUT2D eigenvalue weighted by molar-refractivity contribution is 6.35. The Morgan fingerprint density at radius 1 is 0.438 bits per heavy atom. The summed E-state index contributed by atoms with van der Waals surface area (Å²) in [7, 11) is 0. The second-order valence-electron chi connectivity index (χ2n) is 16.8. The molecule has 48 heavy (non-hydrogen) atoms. The van der Waals surface area contributed by atoms with Crippen LogP contribution in [-0.2, 0) is 23.7 Å². The van der Waals surface area contributed by atoms with Crippen molar-refractivity contribution in [2.75, 3.05) is 0 Å². The zero-order valence-electron chi connectivity index (χ0n) is 30.2. The highest BCUT2D eigenvalue weighted by Gasteiger charge is 2.29. The monoisotopic (exact) mass is 728 g/mol. The van der Waals surface area contributed by atoms with Crippen LogP contribution in [0.3, 0.4) is 0 Å². The van der Waals surface area contributed by atoms with Crippen molar-refractivity contribution < 1.29 is 10.2 Å². The first-order valence-electron chi connectivity index (χ1n) is 16.5.